The summed E-state index contributed by atoms with van der Waals surface area (Å²) in [6.07, 6.45) is -4.94. The van der Waals surface area contributed by atoms with Gasteiger partial charge in [-0.3, -0.25) is 9.36 Å². The van der Waals surface area contributed by atoms with E-state index in [1.807, 2.05) is 31.2 Å². The number of ether oxygens (including phenoxy) is 1. The maximum atomic E-state index is 13.9. The molecule has 0 spiro atoms. The monoisotopic (exact) mass is 543 g/mol. The Morgan fingerprint density at radius 3 is 2.50 bits per heavy atom. The van der Waals surface area contributed by atoms with Gasteiger partial charge in [-0.15, -0.1) is 11.3 Å². The highest BCUT2D eigenvalue weighted by molar-refractivity contribution is 7.18. The van der Waals surface area contributed by atoms with Crippen molar-refractivity contribution in [3.63, 3.8) is 0 Å². The van der Waals surface area contributed by atoms with Crippen LogP contribution in [0.5, 0.6) is 0 Å². The Labute approximate surface area is 219 Å². The molecule has 2 aromatic carbocycles. The summed E-state index contributed by atoms with van der Waals surface area (Å²) < 4.78 is 48.9. The van der Waals surface area contributed by atoms with E-state index in [4.69, 9.17) is 4.74 Å². The number of aryl methyl sites for hydroxylation is 1. The molecule has 198 valence electrons. The van der Waals surface area contributed by atoms with Gasteiger partial charge in [0, 0.05) is 11.4 Å². The number of rotatable bonds is 4. The molecular formula is C27H24F3N3O4S. The predicted octanol–water partition coefficient (Wildman–Crippen LogP) is 5.10. The van der Waals surface area contributed by atoms with Gasteiger partial charge in [0.15, 0.2) is 0 Å². The van der Waals surface area contributed by atoms with Crippen molar-refractivity contribution >= 4 is 27.6 Å². The molecule has 0 saturated carbocycles. The Hall–Kier alpha value is -3.86. The second kappa shape index (κ2) is 9.79. The van der Waals surface area contributed by atoms with Crippen molar-refractivity contribution < 1.29 is 22.7 Å². The number of fused-ring (bicyclic) bond motifs is 3. The molecule has 4 aromatic rings. The fourth-order valence-electron chi connectivity index (χ4n) is 4.79. The van der Waals surface area contributed by atoms with Crippen molar-refractivity contribution in [3.05, 3.63) is 96.5 Å². The van der Waals surface area contributed by atoms with Gasteiger partial charge in [0.1, 0.15) is 4.83 Å². The van der Waals surface area contributed by atoms with Crippen LogP contribution in [-0.2, 0) is 30.4 Å². The summed E-state index contributed by atoms with van der Waals surface area (Å²) in [6, 6.07) is 12.0. The minimum atomic E-state index is -4.77. The lowest BCUT2D eigenvalue weighted by molar-refractivity contribution is -0.137. The van der Waals surface area contributed by atoms with Crippen LogP contribution in [0.15, 0.2) is 58.1 Å². The van der Waals surface area contributed by atoms with Gasteiger partial charge < -0.3 is 9.64 Å². The molecule has 0 aliphatic carbocycles. The van der Waals surface area contributed by atoms with Crippen LogP contribution in [0.3, 0.4) is 0 Å². The third-order valence-electron chi connectivity index (χ3n) is 6.69. The van der Waals surface area contributed by atoms with E-state index >= 15 is 0 Å². The van der Waals surface area contributed by atoms with Gasteiger partial charge in [-0.25, -0.2) is 14.2 Å². The Balaban J connectivity index is 1.80. The molecule has 0 saturated heterocycles. The number of para-hydroxylation sites is 1. The number of alkyl halides is 3. The first-order valence-corrected chi connectivity index (χ1v) is 12.9. The van der Waals surface area contributed by atoms with Crippen LogP contribution < -0.4 is 11.2 Å². The van der Waals surface area contributed by atoms with E-state index in [2.05, 4.69) is 0 Å². The van der Waals surface area contributed by atoms with Crippen LogP contribution >= 0.6 is 11.3 Å². The summed E-state index contributed by atoms with van der Waals surface area (Å²) >= 11 is 1.21. The second-order valence-electron chi connectivity index (χ2n) is 9.01. The summed E-state index contributed by atoms with van der Waals surface area (Å²) in [6.45, 7) is 4.34. The molecule has 0 N–H and O–H groups in total. The van der Waals surface area contributed by atoms with Crippen LogP contribution in [0, 0.1) is 6.92 Å². The molecule has 5 rings (SSSR count). The fraction of sp³-hybridized carbons (Fsp3) is 0.296. The minimum Gasteiger partial charge on any atom is -0.450 e. The molecule has 1 aliphatic rings. The van der Waals surface area contributed by atoms with E-state index in [1.165, 1.54) is 32.9 Å². The molecular weight excluding hydrogens is 519 g/mol. The Bertz CT molecular complexity index is 1670. The first-order valence-electron chi connectivity index (χ1n) is 12.0. The maximum absolute atomic E-state index is 13.9. The molecule has 0 radical (unpaired) electrons. The van der Waals surface area contributed by atoms with Crippen molar-refractivity contribution in [1.82, 2.24) is 14.0 Å². The number of carbonyl (C=O) groups is 1. The van der Waals surface area contributed by atoms with E-state index in [0.717, 1.165) is 23.3 Å². The number of benzene rings is 2. The molecule has 0 atom stereocenters. The van der Waals surface area contributed by atoms with Gasteiger partial charge in [-0.1, -0.05) is 36.4 Å². The zero-order valence-electron chi connectivity index (χ0n) is 20.7. The number of halogens is 3. The quantitative estimate of drug-likeness (QED) is 0.359. The lowest BCUT2D eigenvalue weighted by atomic mass is 10.1. The average molecular weight is 544 g/mol. The Kier molecular flexibility index (Phi) is 6.64. The van der Waals surface area contributed by atoms with Gasteiger partial charge in [-0.2, -0.15) is 13.2 Å². The largest absolute Gasteiger partial charge is 0.450 e. The Morgan fingerprint density at radius 2 is 1.79 bits per heavy atom. The number of hydrogen-bond donors (Lipinski definition) is 0. The first-order chi connectivity index (χ1) is 18.1. The molecule has 0 unspecified atom stereocenters. The lowest BCUT2D eigenvalue weighted by Crippen LogP contribution is -2.40. The summed E-state index contributed by atoms with van der Waals surface area (Å²) in [5.41, 5.74) is -0.904. The summed E-state index contributed by atoms with van der Waals surface area (Å²) in [5, 5.41) is 0.207. The zero-order valence-corrected chi connectivity index (χ0v) is 21.5. The number of carbonyl (C=O) groups excluding carboxylic acids is 1. The molecule has 1 amide bonds. The number of thiophene rings is 1. The van der Waals surface area contributed by atoms with Crippen molar-refractivity contribution in [2.24, 2.45) is 0 Å². The normalized spacial score (nSPS) is 13.6. The van der Waals surface area contributed by atoms with Crippen LogP contribution in [-0.4, -0.2) is 33.3 Å². The van der Waals surface area contributed by atoms with Gasteiger partial charge in [-0.05, 0) is 49.1 Å². The van der Waals surface area contributed by atoms with E-state index in [0.29, 0.717) is 26.3 Å². The Morgan fingerprint density at radius 1 is 1.08 bits per heavy atom. The lowest BCUT2D eigenvalue weighted by Gasteiger charge is -2.25. The van der Waals surface area contributed by atoms with Crippen LogP contribution in [0.2, 0.25) is 0 Å². The molecule has 1 aliphatic heterocycles. The average Bonchev–Trinajstić information content (AvgIpc) is 3.26. The zero-order chi connectivity index (χ0) is 27.2. The van der Waals surface area contributed by atoms with E-state index in [-0.39, 0.29) is 31.6 Å². The first kappa shape index (κ1) is 25.8. The highest BCUT2D eigenvalue weighted by atomic mass is 32.1. The van der Waals surface area contributed by atoms with Crippen molar-refractivity contribution in [3.8, 4) is 5.69 Å². The highest BCUT2D eigenvalue weighted by Crippen LogP contribution is 2.36. The molecule has 3 heterocycles. The van der Waals surface area contributed by atoms with Crippen LogP contribution in [0.25, 0.3) is 15.9 Å². The fourth-order valence-corrected chi connectivity index (χ4v) is 6.14. The van der Waals surface area contributed by atoms with E-state index in [1.54, 1.807) is 6.92 Å². The van der Waals surface area contributed by atoms with Gasteiger partial charge >= 0.3 is 18.0 Å². The van der Waals surface area contributed by atoms with E-state index in [9.17, 15) is 27.6 Å². The summed E-state index contributed by atoms with van der Waals surface area (Å²) in [7, 11) is 0. The van der Waals surface area contributed by atoms with Gasteiger partial charge in [0.25, 0.3) is 5.56 Å². The predicted molar refractivity (Wildman–Crippen MR) is 138 cm³/mol. The summed E-state index contributed by atoms with van der Waals surface area (Å²) in [5.74, 6) is 0. The van der Waals surface area contributed by atoms with Gasteiger partial charge in [0.05, 0.1) is 36.3 Å². The number of hydrogen-bond acceptors (Lipinski definition) is 5. The SMILES string of the molecule is CCOC(=O)N1CCc2c(sc3c2c(=O)n(-c2ccccc2C(F)(F)F)c(=O)n3Cc2ccccc2C)C1. The topological polar surface area (TPSA) is 73.5 Å². The molecule has 2 aromatic heterocycles. The maximum Gasteiger partial charge on any atom is 0.418 e. The highest BCUT2D eigenvalue weighted by Gasteiger charge is 2.36. The van der Waals surface area contributed by atoms with Crippen LogP contribution in [0.1, 0.15) is 34.1 Å². The second-order valence-corrected chi connectivity index (χ2v) is 10.1. The molecule has 38 heavy (non-hydrogen) atoms. The molecule has 0 fully saturated rings. The minimum absolute atomic E-state index is 0.0669. The number of aromatic nitrogens is 2. The number of nitrogens with zero attached hydrogens (tertiary/aromatic N) is 3. The van der Waals surface area contributed by atoms with E-state index < -0.39 is 34.8 Å². The van der Waals surface area contributed by atoms with Crippen molar-refractivity contribution in [2.75, 3.05) is 13.2 Å². The van der Waals surface area contributed by atoms with Crippen molar-refractivity contribution in [2.45, 2.75) is 39.5 Å². The van der Waals surface area contributed by atoms with Crippen molar-refractivity contribution in [1.29, 1.82) is 0 Å². The molecule has 11 heteroatoms. The third-order valence-corrected chi connectivity index (χ3v) is 7.93. The molecule has 7 nitrogen and oxygen atoms in total. The number of amides is 1. The third kappa shape index (κ3) is 4.40. The molecule has 0 bridgehead atoms. The van der Waals surface area contributed by atoms with Crippen LogP contribution in [0.4, 0.5) is 18.0 Å². The standard InChI is InChI=1S/C27H24F3N3O4S/c1-3-37-26(36)31-13-12-18-21(15-31)38-24-22(18)23(34)33(20-11-7-6-10-19(20)27(28,29)30)25(35)32(24)14-17-9-5-4-8-16(17)2/h4-11H,3,12-15H2,1-2H3. The smallest absolute Gasteiger partial charge is 0.418 e. The summed E-state index contributed by atoms with van der Waals surface area (Å²) in [4.78, 5) is 42.6. The van der Waals surface area contributed by atoms with Gasteiger partial charge in [0.2, 0.25) is 0 Å².